The molecule has 20 heavy (non-hydrogen) atoms. The molecule has 1 atom stereocenters. The van der Waals surface area contributed by atoms with Crippen LogP contribution < -0.4 is 16.0 Å². The van der Waals surface area contributed by atoms with Crippen LogP contribution in [0.15, 0.2) is 29.2 Å². The van der Waals surface area contributed by atoms with Crippen LogP contribution in [0.4, 0.5) is 5.69 Å². The maximum Gasteiger partial charge on any atom is 0.240 e. The Morgan fingerprint density at radius 3 is 2.35 bits per heavy atom. The molecule has 0 saturated carbocycles. The summed E-state index contributed by atoms with van der Waals surface area (Å²) in [6.45, 7) is 4.73. The molecule has 0 amide bonds. The fourth-order valence-corrected chi connectivity index (χ4v) is 3.10. The molecule has 0 aliphatic rings. The fourth-order valence-electron chi connectivity index (χ4n) is 1.98. The summed E-state index contributed by atoms with van der Waals surface area (Å²) in [5.41, 5.74) is 3.15. The number of hydrogen-bond donors (Lipinski definition) is 3. The van der Waals surface area contributed by atoms with Gasteiger partial charge in [-0.1, -0.05) is 33.1 Å². The lowest BCUT2D eigenvalue weighted by molar-refractivity contribution is 0.444. The molecule has 0 aromatic heterocycles. The molecule has 5 nitrogen and oxygen atoms in total. The van der Waals surface area contributed by atoms with Gasteiger partial charge >= 0.3 is 0 Å². The molecule has 0 fully saturated rings. The molecule has 1 aromatic rings. The lowest BCUT2D eigenvalue weighted by atomic mass is 10.00. The number of sulfonamides is 1. The van der Waals surface area contributed by atoms with E-state index in [4.69, 9.17) is 5.84 Å². The Morgan fingerprint density at radius 1 is 1.20 bits per heavy atom. The maximum atomic E-state index is 12.2. The van der Waals surface area contributed by atoms with Crippen molar-refractivity contribution in [1.82, 2.24) is 4.72 Å². The van der Waals surface area contributed by atoms with Gasteiger partial charge in [0.1, 0.15) is 0 Å². The zero-order valence-electron chi connectivity index (χ0n) is 12.2. The highest BCUT2D eigenvalue weighted by Gasteiger charge is 2.15. The fraction of sp³-hybridized carbons (Fsp3) is 0.571. The van der Waals surface area contributed by atoms with Crippen molar-refractivity contribution in [2.45, 2.75) is 44.4 Å². The highest BCUT2D eigenvalue weighted by Crippen LogP contribution is 2.15. The first kappa shape index (κ1) is 16.9. The molecular formula is C14H25N3O2S. The van der Waals surface area contributed by atoms with Gasteiger partial charge in [-0.2, -0.15) is 0 Å². The summed E-state index contributed by atoms with van der Waals surface area (Å²) in [6.07, 6.45) is 4.32. The summed E-state index contributed by atoms with van der Waals surface area (Å²) < 4.78 is 27.0. The quantitative estimate of drug-likeness (QED) is 0.483. The highest BCUT2D eigenvalue weighted by molar-refractivity contribution is 7.89. The summed E-state index contributed by atoms with van der Waals surface area (Å²) in [6, 6.07) is 6.38. The lowest BCUT2D eigenvalue weighted by Crippen LogP contribution is -2.29. The Morgan fingerprint density at radius 2 is 1.85 bits per heavy atom. The van der Waals surface area contributed by atoms with Crippen molar-refractivity contribution in [3.05, 3.63) is 24.3 Å². The number of nitrogen functional groups attached to an aromatic ring is 1. The Balaban J connectivity index is 2.63. The van der Waals surface area contributed by atoms with E-state index in [1.807, 2.05) is 0 Å². The largest absolute Gasteiger partial charge is 0.324 e. The van der Waals surface area contributed by atoms with Crippen LogP contribution in [0, 0.1) is 5.92 Å². The van der Waals surface area contributed by atoms with Crippen molar-refractivity contribution >= 4 is 15.7 Å². The zero-order chi connectivity index (χ0) is 15.0. The van der Waals surface area contributed by atoms with E-state index in [-0.39, 0.29) is 4.90 Å². The van der Waals surface area contributed by atoms with E-state index < -0.39 is 10.0 Å². The van der Waals surface area contributed by atoms with Crippen LogP contribution in [-0.2, 0) is 10.0 Å². The number of unbranched alkanes of at least 4 members (excludes halogenated alkanes) is 1. The van der Waals surface area contributed by atoms with Crippen molar-refractivity contribution in [2.75, 3.05) is 12.0 Å². The first-order chi connectivity index (χ1) is 9.53. The zero-order valence-corrected chi connectivity index (χ0v) is 13.0. The molecule has 1 rings (SSSR count). The molecular weight excluding hydrogens is 274 g/mol. The van der Waals surface area contributed by atoms with Crippen LogP contribution >= 0.6 is 0 Å². The smallest absolute Gasteiger partial charge is 0.240 e. The number of anilines is 1. The normalized spacial score (nSPS) is 13.2. The van der Waals surface area contributed by atoms with E-state index in [0.29, 0.717) is 18.2 Å². The van der Waals surface area contributed by atoms with Gasteiger partial charge in [0.15, 0.2) is 0 Å². The van der Waals surface area contributed by atoms with Gasteiger partial charge in [0, 0.05) is 12.2 Å². The van der Waals surface area contributed by atoms with E-state index in [2.05, 4.69) is 24.0 Å². The van der Waals surface area contributed by atoms with E-state index in [0.717, 1.165) is 25.7 Å². The molecule has 0 heterocycles. The van der Waals surface area contributed by atoms with Gasteiger partial charge in [0.25, 0.3) is 0 Å². The Labute approximate surface area is 122 Å². The summed E-state index contributed by atoms with van der Waals surface area (Å²) in [4.78, 5) is 0.266. The molecule has 0 spiro atoms. The average Bonchev–Trinajstić information content (AvgIpc) is 2.47. The third-order valence-electron chi connectivity index (χ3n) is 3.44. The first-order valence-corrected chi connectivity index (χ1v) is 8.58. The van der Waals surface area contributed by atoms with Gasteiger partial charge < -0.3 is 5.43 Å². The molecule has 0 radical (unpaired) electrons. The average molecular weight is 299 g/mol. The van der Waals surface area contributed by atoms with Crippen molar-refractivity contribution < 1.29 is 8.42 Å². The molecule has 114 valence electrons. The maximum absolute atomic E-state index is 12.2. The number of hydrazine groups is 1. The summed E-state index contributed by atoms with van der Waals surface area (Å²) >= 11 is 0. The van der Waals surface area contributed by atoms with E-state index in [1.165, 1.54) is 0 Å². The van der Waals surface area contributed by atoms with Gasteiger partial charge in [-0.25, -0.2) is 13.1 Å². The van der Waals surface area contributed by atoms with Crippen molar-refractivity contribution in [3.8, 4) is 0 Å². The summed E-state index contributed by atoms with van der Waals surface area (Å²) in [7, 11) is -3.43. The molecule has 4 N–H and O–H groups in total. The van der Waals surface area contributed by atoms with Gasteiger partial charge in [0.05, 0.1) is 4.90 Å². The Kier molecular flexibility index (Phi) is 6.98. The molecule has 0 bridgehead atoms. The highest BCUT2D eigenvalue weighted by atomic mass is 32.2. The number of benzene rings is 1. The monoisotopic (exact) mass is 299 g/mol. The first-order valence-electron chi connectivity index (χ1n) is 7.09. The number of nitrogens with one attached hydrogen (secondary N) is 2. The number of hydrogen-bond acceptors (Lipinski definition) is 4. The molecule has 6 heteroatoms. The van der Waals surface area contributed by atoms with Crippen molar-refractivity contribution in [2.24, 2.45) is 11.8 Å². The predicted octanol–water partition coefficient (Wildman–Crippen LogP) is 2.47. The molecule has 0 saturated heterocycles. The lowest BCUT2D eigenvalue weighted by Gasteiger charge is -2.15. The van der Waals surface area contributed by atoms with Crippen molar-refractivity contribution in [1.29, 1.82) is 0 Å². The van der Waals surface area contributed by atoms with E-state index in [1.54, 1.807) is 24.3 Å². The number of rotatable bonds is 9. The van der Waals surface area contributed by atoms with Crippen LogP contribution in [0.1, 0.15) is 39.5 Å². The van der Waals surface area contributed by atoms with Crippen LogP contribution in [0.25, 0.3) is 0 Å². The molecule has 1 aromatic carbocycles. The van der Waals surface area contributed by atoms with Crippen molar-refractivity contribution in [3.63, 3.8) is 0 Å². The Hall–Kier alpha value is -1.11. The van der Waals surface area contributed by atoms with Gasteiger partial charge in [-0.3, -0.25) is 5.84 Å². The van der Waals surface area contributed by atoms with Gasteiger partial charge in [0.2, 0.25) is 10.0 Å². The molecule has 1 unspecified atom stereocenters. The third-order valence-corrected chi connectivity index (χ3v) is 4.88. The van der Waals surface area contributed by atoms with Crippen LogP contribution in [0.2, 0.25) is 0 Å². The Bertz CT molecular complexity index is 486. The SMILES string of the molecule is CCCCC(CC)CNS(=O)(=O)c1ccc(NN)cc1. The predicted molar refractivity (Wildman–Crippen MR) is 82.7 cm³/mol. The van der Waals surface area contributed by atoms with Gasteiger partial charge in [-0.05, 0) is 36.6 Å². The van der Waals surface area contributed by atoms with E-state index in [9.17, 15) is 8.42 Å². The van der Waals surface area contributed by atoms with Gasteiger partial charge in [-0.15, -0.1) is 0 Å². The van der Waals surface area contributed by atoms with E-state index >= 15 is 0 Å². The second kappa shape index (κ2) is 8.24. The minimum Gasteiger partial charge on any atom is -0.324 e. The van der Waals surface area contributed by atoms with Crippen LogP contribution in [0.5, 0.6) is 0 Å². The minimum atomic E-state index is -3.43. The van der Waals surface area contributed by atoms with Crippen LogP contribution in [0.3, 0.4) is 0 Å². The second-order valence-electron chi connectivity index (χ2n) is 4.94. The minimum absolute atomic E-state index is 0.266. The second-order valence-corrected chi connectivity index (χ2v) is 6.70. The number of nitrogens with two attached hydrogens (primary N) is 1. The van der Waals surface area contributed by atoms with Crippen LogP contribution in [-0.4, -0.2) is 15.0 Å². The summed E-state index contributed by atoms with van der Waals surface area (Å²) in [5, 5.41) is 0. The topological polar surface area (TPSA) is 84.2 Å². The molecule has 0 aliphatic heterocycles. The standard InChI is InChI=1S/C14H25N3O2S/c1-3-5-6-12(4-2)11-16-20(18,19)14-9-7-13(17-15)8-10-14/h7-10,12,16-17H,3-6,11,15H2,1-2H3. The summed E-state index contributed by atoms with van der Waals surface area (Å²) in [5.74, 6) is 5.65. The third kappa shape index (κ3) is 5.11. The molecule has 0 aliphatic carbocycles.